The highest BCUT2D eigenvalue weighted by Gasteiger charge is 2.51. The summed E-state index contributed by atoms with van der Waals surface area (Å²) >= 11 is 1.15. The average molecular weight is 2100 g/mol. The number of likely N-dealkylation sites (tertiary alicyclic amines) is 2. The number of nitrogens with two attached hydrogens (primary N) is 1. The quantitative estimate of drug-likeness (QED) is 0.00589. The van der Waals surface area contributed by atoms with Crippen LogP contribution in [-0.4, -0.2) is 337 Å². The maximum absolute atomic E-state index is 14.6. The molecule has 2 unspecified atom stereocenters. The van der Waals surface area contributed by atoms with Gasteiger partial charge in [-0.25, -0.2) is 13.5 Å². The highest BCUT2D eigenvalue weighted by Crippen LogP contribution is 2.44. The molecule has 7 aromatic rings. The fourth-order valence-corrected chi connectivity index (χ4v) is 20.4. The van der Waals surface area contributed by atoms with Crippen molar-refractivity contribution in [1.29, 1.82) is 5.26 Å². The molecule has 16 N–H and O–H groups in total. The molecule has 6 aromatic carbocycles. The molecule has 5 aliphatic rings. The number of phenolic OH excluding ortho intramolecular Hbond substituents is 1. The van der Waals surface area contributed by atoms with Gasteiger partial charge in [-0.2, -0.15) is 22.1 Å². The zero-order valence-electron chi connectivity index (χ0n) is 82.0. The smallest absolute Gasteiger partial charge is 0.317 e. The first-order valence-corrected chi connectivity index (χ1v) is 51.6. The standard InChI is InChI=1S/C97H122F2N20O25S3/c1-58-40-61(62-16-21-71(59(2)41-62)108-109-72-22-19-68-77(146(137,138)139)45-78(147(140,141)142)89(101)88(68)90(72)132)15-20-70(58)106-92(134)73(105-82(123)52-112-29-31-113(53-85(126)127)33-35-115(55-87(130)131)36-34-114(32-30-112)54-86(128)129)12-7-8-27-102-79(120)23-28-118-84(125)44-76(94(118)136)145-39-25-80(121)103-56-96(5,6)144-38-26-95(3,4)143-37-24-81(122)104-66-17-13-60(14-18-66)75-51-117(111-110-75)49-64-11-9-10-63-48-116(50-69(63)64)83(124)43-65-42-74(107-91(65)133)93(135)119-57-97(98,99)46-67(119)47-100/h9-11,13-22,40-41,45,51,65,67,73-74,76,108-109,132H,7-8,12,23-39,42-44,46,48-50,52-57,101H2,1-6H3,(H,102,120)(H,103,121)(H,104,122)(H,105,123)(H,106,134)(H,107,133)(H,126,127)(H,128,129)(H,130,131)(H,137,138,139)(H,140,141,142)/t65-,67-,73?,74-,76?/m0/s1. The van der Waals surface area contributed by atoms with Crippen molar-refractivity contribution in [3.63, 3.8) is 0 Å². The second-order valence-electron chi connectivity index (χ2n) is 38.2. The lowest BCUT2D eigenvalue weighted by atomic mass is 9.99. The Bertz CT molecular complexity index is 6380. The number of amides is 10. The Balaban J connectivity index is 0.554. The lowest BCUT2D eigenvalue weighted by Gasteiger charge is -2.33. The Kier molecular flexibility index (Phi) is 37.7. The van der Waals surface area contributed by atoms with Gasteiger partial charge in [-0.15, -0.1) is 16.9 Å². The number of hydrazine groups is 1. The molecular formula is C97H122F2N20O25S3. The van der Waals surface area contributed by atoms with Crippen molar-refractivity contribution in [2.75, 3.05) is 151 Å². The fourth-order valence-electron chi connectivity index (χ4n) is 17.9. The van der Waals surface area contributed by atoms with Gasteiger partial charge in [0.05, 0.1) is 110 Å². The number of aryl methyl sites for hydroxylation is 2. The molecular weight excluding hydrogens is 1980 g/mol. The SMILES string of the molecule is Cc1cc(-c2ccc(NC(=O)C(CCCCNC(=O)CCN3C(=O)CC(SCCC(=O)NCC(C)(C)OCCC(C)(C)OCCC(=O)Nc4ccc(-c5cn(Cc6cccc7c6CN(C(=O)C[C@@H]6C[C@@H](C(=O)N8CC(F)(F)C[C@H]8C#N)NC6=O)C7)nn5)cc4)C3=O)NC(=O)CN3CCN(CC(=O)O)CCN(CC(=O)O)CCN(CC(=O)O)CC3)c(C)c2)ccc1NNc1ccc2c(S(=O)(=O)O)cc(S(=O)(=O)O)c(N)c2c1O. The van der Waals surface area contributed by atoms with Crippen molar-refractivity contribution in [3.8, 4) is 34.2 Å². The number of hydrogen-bond acceptors (Lipinski definition) is 31. The number of alkyl halides is 2. The van der Waals surface area contributed by atoms with Crippen molar-refractivity contribution < 1.29 is 127 Å². The van der Waals surface area contributed by atoms with E-state index in [1.807, 2.05) is 52.0 Å². The van der Waals surface area contributed by atoms with Crippen molar-refractivity contribution in [3.05, 3.63) is 131 Å². The molecule has 12 rings (SSSR count). The van der Waals surface area contributed by atoms with Crippen LogP contribution >= 0.6 is 11.8 Å². The minimum Gasteiger partial charge on any atom is -0.505 e. The van der Waals surface area contributed by atoms with Gasteiger partial charge in [0.1, 0.15) is 39.4 Å². The number of carbonyl (C=O) groups excluding carboxylic acids is 10. The molecule has 5 aliphatic heterocycles. The number of phenols is 1. The number of nitrogens with zero attached hydrogens (tertiary/aromatic N) is 11. The number of nitriles is 1. The number of carboxylic acids is 3. The van der Waals surface area contributed by atoms with Gasteiger partial charge in [0.2, 0.25) is 59.1 Å². The molecule has 45 nitrogen and oxygen atoms in total. The maximum Gasteiger partial charge on any atom is 0.317 e. The number of unbranched alkanes of at least 4 members (excludes halogenated alkanes) is 1. The molecule has 4 saturated heterocycles. The minimum atomic E-state index is -5.15. The Morgan fingerprint density at radius 1 is 0.680 bits per heavy atom. The Morgan fingerprint density at radius 3 is 1.88 bits per heavy atom. The van der Waals surface area contributed by atoms with Crippen LogP contribution in [0.2, 0.25) is 0 Å². The van der Waals surface area contributed by atoms with Crippen molar-refractivity contribution in [2.45, 2.75) is 182 Å². The summed E-state index contributed by atoms with van der Waals surface area (Å²) in [5.74, 6) is -12.9. The van der Waals surface area contributed by atoms with Gasteiger partial charge in [-0.1, -0.05) is 53.7 Å². The number of aromatic nitrogens is 3. The van der Waals surface area contributed by atoms with E-state index in [2.05, 4.69) is 53.1 Å². The number of aliphatic carboxylic acids is 3. The van der Waals surface area contributed by atoms with Crippen LogP contribution in [0.4, 0.5) is 37.2 Å². The van der Waals surface area contributed by atoms with E-state index < -0.39 is 179 Å². The molecule has 0 aliphatic carbocycles. The monoisotopic (exact) mass is 2100 g/mol. The summed E-state index contributed by atoms with van der Waals surface area (Å²) in [6, 6.07) is 24.2. The fraction of sp³-hybridized carbons (Fsp3) is 0.485. The molecule has 0 spiro atoms. The molecule has 0 bridgehead atoms. The Morgan fingerprint density at radius 2 is 1.27 bits per heavy atom. The molecule has 147 heavy (non-hydrogen) atoms. The number of benzene rings is 6. The third kappa shape index (κ3) is 31.5. The predicted molar refractivity (Wildman–Crippen MR) is 533 cm³/mol. The van der Waals surface area contributed by atoms with Crippen molar-refractivity contribution in [2.24, 2.45) is 5.92 Å². The normalized spacial score (nSPS) is 18.0. The average Bonchev–Trinajstić information content (AvgIpc) is 1.24. The number of hydrogen-bond donors (Lipinski definition) is 15. The molecule has 0 radical (unpaired) electrons. The molecule has 6 heterocycles. The van der Waals surface area contributed by atoms with Crippen LogP contribution in [0.1, 0.15) is 126 Å². The molecule has 5 atom stereocenters. The number of nitrogens with one attached hydrogen (secondary N) is 8. The van der Waals surface area contributed by atoms with Gasteiger partial charge in [-0.3, -0.25) is 101 Å². The number of halogens is 2. The van der Waals surface area contributed by atoms with Gasteiger partial charge in [0, 0.05) is 151 Å². The van der Waals surface area contributed by atoms with E-state index >= 15 is 0 Å². The van der Waals surface area contributed by atoms with Crippen LogP contribution in [-0.2, 0) is 112 Å². The Hall–Kier alpha value is -13.5. The van der Waals surface area contributed by atoms with Crippen LogP contribution in [0.25, 0.3) is 33.2 Å². The number of thioether (sulfide) groups is 1. The molecule has 0 saturated carbocycles. The largest absolute Gasteiger partial charge is 0.505 e. The highest BCUT2D eigenvalue weighted by molar-refractivity contribution is 8.00. The summed E-state index contributed by atoms with van der Waals surface area (Å²) < 4.78 is 111. The minimum absolute atomic E-state index is 0.0182. The number of rotatable bonds is 46. The number of imide groups is 1. The number of carboxylic acid groups (broad SMARTS) is 3. The van der Waals surface area contributed by atoms with Gasteiger partial charge >= 0.3 is 17.9 Å². The molecule has 4 fully saturated rings. The van der Waals surface area contributed by atoms with E-state index in [1.54, 1.807) is 110 Å². The highest BCUT2D eigenvalue weighted by atomic mass is 32.2. The van der Waals surface area contributed by atoms with E-state index in [1.165, 1.54) is 6.07 Å². The first-order valence-electron chi connectivity index (χ1n) is 47.7. The van der Waals surface area contributed by atoms with E-state index in [0.717, 1.165) is 49.9 Å². The number of fused-ring (bicyclic) bond motifs is 2. The van der Waals surface area contributed by atoms with E-state index in [4.69, 9.17) is 15.2 Å². The number of nitrogen functional groups attached to an aromatic ring is 1. The van der Waals surface area contributed by atoms with Gasteiger partial charge in [0.15, 0.2) is 0 Å². The summed E-state index contributed by atoms with van der Waals surface area (Å²) in [5.41, 5.74) is 17.5. The zero-order valence-corrected chi connectivity index (χ0v) is 84.4. The van der Waals surface area contributed by atoms with Crippen molar-refractivity contribution in [1.82, 2.24) is 70.6 Å². The first kappa shape index (κ1) is 112. The van der Waals surface area contributed by atoms with Crippen LogP contribution < -0.4 is 48.5 Å². The van der Waals surface area contributed by atoms with E-state index in [9.17, 15) is 123 Å². The predicted octanol–water partition coefficient (Wildman–Crippen LogP) is 5.10. The molecule has 50 heteroatoms. The van der Waals surface area contributed by atoms with Crippen LogP contribution in [0, 0.1) is 31.1 Å². The van der Waals surface area contributed by atoms with Gasteiger partial charge in [0.25, 0.3) is 26.2 Å². The second-order valence-corrected chi connectivity index (χ2v) is 42.3. The number of aromatic hydroxyl groups is 1. The number of ether oxygens (including phenoxy) is 2. The summed E-state index contributed by atoms with van der Waals surface area (Å²) in [5, 5.41) is 73.9. The van der Waals surface area contributed by atoms with Gasteiger partial charge in [-0.05, 0) is 161 Å². The molecule has 1 aromatic heterocycles. The van der Waals surface area contributed by atoms with E-state index in [0.29, 0.717) is 70.6 Å². The summed E-state index contributed by atoms with van der Waals surface area (Å²) in [6.07, 6.45) is 1.47. The maximum atomic E-state index is 14.6. The third-order valence-corrected chi connectivity index (χ3v) is 29.0. The van der Waals surface area contributed by atoms with Gasteiger partial charge < -0.3 is 82.8 Å². The molecule has 10 amide bonds. The number of anilines is 5. The summed E-state index contributed by atoms with van der Waals surface area (Å²) in [6.45, 7) is 10.7. The second kappa shape index (κ2) is 49.3. The van der Waals surface area contributed by atoms with Crippen LogP contribution in [0.5, 0.6) is 5.75 Å². The zero-order chi connectivity index (χ0) is 107. The topological polar surface area (TPSA) is 629 Å². The Labute approximate surface area is 850 Å². The lowest BCUT2D eigenvalue weighted by Crippen LogP contribution is -2.51. The first-order chi connectivity index (χ1) is 69.4. The number of carbonyl (C=O) groups is 13. The third-order valence-electron chi connectivity index (χ3n) is 26.0. The lowest BCUT2D eigenvalue weighted by molar-refractivity contribution is -0.140. The van der Waals surface area contributed by atoms with Crippen LogP contribution in [0.15, 0.2) is 113 Å². The molecule has 792 valence electrons. The van der Waals surface area contributed by atoms with Crippen molar-refractivity contribution >= 4 is 148 Å². The summed E-state index contributed by atoms with van der Waals surface area (Å²) in [4.78, 5) is 179. The van der Waals surface area contributed by atoms with E-state index in [-0.39, 0.29) is 197 Å². The van der Waals surface area contributed by atoms with Crippen LogP contribution in [0.3, 0.4) is 0 Å². The summed E-state index contributed by atoms with van der Waals surface area (Å²) in [7, 11) is -10.3.